The first-order valence-electron chi connectivity index (χ1n) is 13.6. The highest BCUT2D eigenvalue weighted by atomic mass is 16.7. The van der Waals surface area contributed by atoms with Crippen molar-refractivity contribution in [2.45, 2.75) is 161 Å². The SMILES string of the molecule is CCCCCCCCCCCCC1(CCCCCCCCCCCC)OCCO1. The van der Waals surface area contributed by atoms with E-state index in [0.717, 1.165) is 26.1 Å². The van der Waals surface area contributed by atoms with Gasteiger partial charge in [-0.3, -0.25) is 0 Å². The van der Waals surface area contributed by atoms with Crippen molar-refractivity contribution in [1.29, 1.82) is 0 Å². The highest BCUT2D eigenvalue weighted by Gasteiger charge is 2.35. The second-order valence-corrected chi connectivity index (χ2v) is 9.47. The van der Waals surface area contributed by atoms with E-state index in [4.69, 9.17) is 9.47 Å². The van der Waals surface area contributed by atoms with Crippen LogP contribution in [-0.2, 0) is 9.47 Å². The molecule has 0 aromatic rings. The number of hydrogen-bond acceptors (Lipinski definition) is 2. The van der Waals surface area contributed by atoms with Crippen molar-refractivity contribution < 1.29 is 9.47 Å². The summed E-state index contributed by atoms with van der Waals surface area (Å²) in [7, 11) is 0. The predicted molar refractivity (Wildman–Crippen MR) is 128 cm³/mol. The molecular weight excluding hydrogens is 356 g/mol. The Morgan fingerprint density at radius 3 is 1.00 bits per heavy atom. The Kier molecular flexibility index (Phi) is 18.5. The zero-order valence-corrected chi connectivity index (χ0v) is 20.3. The summed E-state index contributed by atoms with van der Waals surface area (Å²) in [6.07, 6.45) is 30.1. The van der Waals surface area contributed by atoms with E-state index in [1.807, 2.05) is 0 Å². The molecule has 0 radical (unpaired) electrons. The van der Waals surface area contributed by atoms with Crippen molar-refractivity contribution in [3.05, 3.63) is 0 Å². The molecule has 1 aliphatic rings. The van der Waals surface area contributed by atoms with Gasteiger partial charge < -0.3 is 9.47 Å². The fourth-order valence-electron chi connectivity index (χ4n) is 4.67. The summed E-state index contributed by atoms with van der Waals surface area (Å²) in [5, 5.41) is 0. The molecule has 1 heterocycles. The summed E-state index contributed by atoms with van der Waals surface area (Å²) in [4.78, 5) is 0. The van der Waals surface area contributed by atoms with Gasteiger partial charge in [-0.25, -0.2) is 0 Å². The Morgan fingerprint density at radius 2 is 0.690 bits per heavy atom. The monoisotopic (exact) mass is 410 g/mol. The summed E-state index contributed by atoms with van der Waals surface area (Å²) in [6.45, 7) is 6.19. The van der Waals surface area contributed by atoms with Crippen molar-refractivity contribution in [3.63, 3.8) is 0 Å². The maximum Gasteiger partial charge on any atom is 0.168 e. The standard InChI is InChI=1S/C27H54O2/c1-3-5-7-9-11-13-15-17-19-21-23-27(28-25-26-29-27)24-22-20-18-16-14-12-10-8-6-4-2/h3-26H2,1-2H3. The van der Waals surface area contributed by atoms with Gasteiger partial charge in [0.2, 0.25) is 0 Å². The molecule has 2 heteroatoms. The Bertz CT molecular complexity index is 296. The smallest absolute Gasteiger partial charge is 0.168 e. The number of hydrogen-bond donors (Lipinski definition) is 0. The van der Waals surface area contributed by atoms with Crippen LogP contribution in [0.4, 0.5) is 0 Å². The van der Waals surface area contributed by atoms with Crippen molar-refractivity contribution >= 4 is 0 Å². The van der Waals surface area contributed by atoms with Crippen molar-refractivity contribution in [1.82, 2.24) is 0 Å². The highest BCUT2D eigenvalue weighted by molar-refractivity contribution is 4.74. The van der Waals surface area contributed by atoms with Crippen LogP contribution in [0.25, 0.3) is 0 Å². The molecule has 1 saturated heterocycles. The molecule has 1 rings (SSSR count). The molecule has 0 unspecified atom stereocenters. The fraction of sp³-hybridized carbons (Fsp3) is 1.00. The van der Waals surface area contributed by atoms with Crippen LogP contribution in [0.3, 0.4) is 0 Å². The van der Waals surface area contributed by atoms with Crippen LogP contribution in [0.15, 0.2) is 0 Å². The van der Waals surface area contributed by atoms with E-state index in [1.54, 1.807) is 0 Å². The largest absolute Gasteiger partial charge is 0.348 e. The molecule has 0 atom stereocenters. The maximum atomic E-state index is 6.08. The van der Waals surface area contributed by atoms with E-state index >= 15 is 0 Å². The third kappa shape index (κ3) is 15.4. The first kappa shape index (κ1) is 27.0. The maximum absolute atomic E-state index is 6.08. The lowest BCUT2D eigenvalue weighted by molar-refractivity contribution is -0.168. The van der Waals surface area contributed by atoms with E-state index in [9.17, 15) is 0 Å². The number of ether oxygens (including phenoxy) is 2. The predicted octanol–water partition coefficient (Wildman–Crippen LogP) is 9.35. The van der Waals surface area contributed by atoms with Crippen molar-refractivity contribution in [2.24, 2.45) is 0 Å². The summed E-state index contributed by atoms with van der Waals surface area (Å²) < 4.78 is 12.2. The number of unbranched alkanes of at least 4 members (excludes halogenated alkanes) is 18. The second kappa shape index (κ2) is 19.9. The lowest BCUT2D eigenvalue weighted by Crippen LogP contribution is -2.30. The first-order valence-corrected chi connectivity index (χ1v) is 13.6. The minimum Gasteiger partial charge on any atom is -0.348 e. The van der Waals surface area contributed by atoms with E-state index in [2.05, 4.69) is 13.8 Å². The van der Waals surface area contributed by atoms with Gasteiger partial charge in [0.1, 0.15) is 0 Å². The molecule has 0 aliphatic carbocycles. The van der Waals surface area contributed by atoms with Gasteiger partial charge in [0.15, 0.2) is 5.79 Å². The molecule has 0 aromatic carbocycles. The lowest BCUT2D eigenvalue weighted by atomic mass is 9.98. The minimum absolute atomic E-state index is 0.222. The molecule has 0 spiro atoms. The number of rotatable bonds is 22. The third-order valence-electron chi connectivity index (χ3n) is 6.64. The van der Waals surface area contributed by atoms with E-state index < -0.39 is 0 Å². The van der Waals surface area contributed by atoms with Gasteiger partial charge in [0.05, 0.1) is 13.2 Å². The normalized spacial score (nSPS) is 15.9. The fourth-order valence-corrected chi connectivity index (χ4v) is 4.67. The molecule has 174 valence electrons. The van der Waals surface area contributed by atoms with Crippen LogP contribution in [0.1, 0.15) is 155 Å². The zero-order chi connectivity index (χ0) is 20.9. The van der Waals surface area contributed by atoms with Crippen LogP contribution in [0.2, 0.25) is 0 Å². The Hall–Kier alpha value is -0.0800. The van der Waals surface area contributed by atoms with Gasteiger partial charge in [-0.05, 0) is 12.8 Å². The molecule has 29 heavy (non-hydrogen) atoms. The molecule has 2 nitrogen and oxygen atoms in total. The van der Waals surface area contributed by atoms with Crippen LogP contribution in [-0.4, -0.2) is 19.0 Å². The molecule has 1 fully saturated rings. The average molecular weight is 411 g/mol. The molecule has 0 N–H and O–H groups in total. The highest BCUT2D eigenvalue weighted by Crippen LogP contribution is 2.32. The van der Waals surface area contributed by atoms with Gasteiger partial charge in [-0.1, -0.05) is 129 Å². The molecule has 0 saturated carbocycles. The van der Waals surface area contributed by atoms with Crippen molar-refractivity contribution in [2.75, 3.05) is 13.2 Å². The van der Waals surface area contributed by atoms with Crippen LogP contribution < -0.4 is 0 Å². The van der Waals surface area contributed by atoms with Crippen molar-refractivity contribution in [3.8, 4) is 0 Å². The molecular formula is C27H54O2. The summed E-state index contributed by atoms with van der Waals surface area (Å²) in [5.41, 5.74) is 0. The molecule has 0 bridgehead atoms. The Morgan fingerprint density at radius 1 is 0.414 bits per heavy atom. The zero-order valence-electron chi connectivity index (χ0n) is 20.3. The topological polar surface area (TPSA) is 18.5 Å². The van der Waals surface area contributed by atoms with E-state index in [1.165, 1.54) is 128 Å². The first-order chi connectivity index (χ1) is 14.3. The van der Waals surface area contributed by atoms with Crippen LogP contribution in [0, 0.1) is 0 Å². The summed E-state index contributed by atoms with van der Waals surface area (Å²) in [6, 6.07) is 0. The molecule has 1 aliphatic heterocycles. The van der Waals surface area contributed by atoms with E-state index in [-0.39, 0.29) is 5.79 Å². The second-order valence-electron chi connectivity index (χ2n) is 9.47. The average Bonchev–Trinajstić information content (AvgIpc) is 3.20. The van der Waals surface area contributed by atoms with Gasteiger partial charge in [0.25, 0.3) is 0 Å². The summed E-state index contributed by atoms with van der Waals surface area (Å²) in [5.74, 6) is -0.222. The van der Waals surface area contributed by atoms with Gasteiger partial charge in [0, 0.05) is 12.8 Å². The van der Waals surface area contributed by atoms with E-state index in [0.29, 0.717) is 0 Å². The third-order valence-corrected chi connectivity index (χ3v) is 6.64. The van der Waals surface area contributed by atoms with Crippen LogP contribution in [0.5, 0.6) is 0 Å². The quantitative estimate of drug-likeness (QED) is 0.165. The van der Waals surface area contributed by atoms with Gasteiger partial charge in [-0.15, -0.1) is 0 Å². The molecule has 0 amide bonds. The van der Waals surface area contributed by atoms with Gasteiger partial charge >= 0.3 is 0 Å². The Labute approximate surface area is 183 Å². The minimum atomic E-state index is -0.222. The molecule has 0 aromatic heterocycles. The van der Waals surface area contributed by atoms with Crippen LogP contribution >= 0.6 is 0 Å². The lowest BCUT2D eigenvalue weighted by Gasteiger charge is -2.27. The van der Waals surface area contributed by atoms with Gasteiger partial charge in [-0.2, -0.15) is 0 Å². The Balaban J connectivity index is 1.95. The summed E-state index contributed by atoms with van der Waals surface area (Å²) >= 11 is 0.